The summed E-state index contributed by atoms with van der Waals surface area (Å²) in [6.45, 7) is -2.82. The number of rotatable bonds is 14. The predicted molar refractivity (Wildman–Crippen MR) is 223 cm³/mol. The van der Waals surface area contributed by atoms with Gasteiger partial charge in [-0.05, 0) is 42.0 Å². The van der Waals surface area contributed by atoms with Crippen LogP contribution in [0.1, 0.15) is 5.56 Å². The minimum atomic E-state index is -2.19. The van der Waals surface area contributed by atoms with Crippen LogP contribution in [0.25, 0.3) is 28.4 Å². The third-order valence-corrected chi connectivity index (χ3v) is 11.4. The van der Waals surface area contributed by atoms with Crippen LogP contribution in [0.4, 0.5) is 0 Å². The largest absolute Gasteiger partial charge is 0.504 e. The maximum absolute atomic E-state index is 14.2. The molecule has 7 rings (SSSR count). The van der Waals surface area contributed by atoms with Crippen LogP contribution in [-0.4, -0.2) is 202 Å². The number of benzene rings is 3. The Kier molecular flexibility index (Phi) is 15.4. The van der Waals surface area contributed by atoms with E-state index in [9.17, 15) is 86.2 Å². The van der Waals surface area contributed by atoms with Gasteiger partial charge in [-0.25, -0.2) is 4.79 Å². The Bertz CT molecular complexity index is 2560. The maximum atomic E-state index is 14.2. The fourth-order valence-corrected chi connectivity index (χ4v) is 7.68. The molecule has 0 radical (unpaired) electrons. The molecule has 15 atom stereocenters. The van der Waals surface area contributed by atoms with Crippen molar-refractivity contribution in [1.82, 2.24) is 0 Å². The van der Waals surface area contributed by atoms with E-state index in [1.807, 2.05) is 0 Å². The first-order valence-corrected chi connectivity index (χ1v) is 20.7. The molecule has 3 aliphatic heterocycles. The van der Waals surface area contributed by atoms with Gasteiger partial charge in [0.1, 0.15) is 78.1 Å². The van der Waals surface area contributed by atoms with E-state index < -0.39 is 186 Å². The molecule has 3 aliphatic rings. The van der Waals surface area contributed by atoms with Crippen molar-refractivity contribution in [2.24, 2.45) is 0 Å². The highest BCUT2D eigenvalue weighted by molar-refractivity contribution is 5.91. The molecule has 3 fully saturated rings. The Labute approximate surface area is 386 Å². The van der Waals surface area contributed by atoms with E-state index in [0.717, 1.165) is 55.7 Å². The topological polar surface area (TPSA) is 425 Å². The number of phenolic OH excluding ortho intramolecular Hbond substituents is 6. The lowest BCUT2D eigenvalue weighted by molar-refractivity contribution is -0.364. The van der Waals surface area contributed by atoms with Gasteiger partial charge in [-0.2, -0.15) is 0 Å². The van der Waals surface area contributed by atoms with Crippen LogP contribution >= 0.6 is 0 Å². The molecule has 0 amide bonds. The first-order chi connectivity index (χ1) is 32.8. The van der Waals surface area contributed by atoms with Crippen molar-refractivity contribution in [3.8, 4) is 57.3 Å². The summed E-state index contributed by atoms with van der Waals surface area (Å²) in [5, 5.41) is 157. The molecule has 376 valence electrons. The van der Waals surface area contributed by atoms with E-state index in [1.54, 1.807) is 0 Å². The highest BCUT2D eigenvalue weighted by atomic mass is 16.8. The molecular formula is C43H48O26. The third kappa shape index (κ3) is 10.2. The number of aromatic hydroxyl groups is 6. The molecule has 69 heavy (non-hydrogen) atoms. The molecule has 0 spiro atoms. The summed E-state index contributed by atoms with van der Waals surface area (Å²) in [6.07, 6.45) is -27.4. The van der Waals surface area contributed by atoms with Gasteiger partial charge >= 0.3 is 5.97 Å². The van der Waals surface area contributed by atoms with E-state index in [2.05, 4.69) is 0 Å². The van der Waals surface area contributed by atoms with E-state index >= 15 is 0 Å². The van der Waals surface area contributed by atoms with Crippen LogP contribution in [-0.2, 0) is 33.2 Å². The molecule has 0 saturated carbocycles. The Morgan fingerprint density at radius 1 is 0.638 bits per heavy atom. The van der Waals surface area contributed by atoms with Gasteiger partial charge in [0.15, 0.2) is 58.9 Å². The summed E-state index contributed by atoms with van der Waals surface area (Å²) < 4.78 is 50.9. The van der Waals surface area contributed by atoms with Gasteiger partial charge < -0.3 is 119 Å². The minimum Gasteiger partial charge on any atom is -0.504 e. The quantitative estimate of drug-likeness (QED) is 0.0336. The van der Waals surface area contributed by atoms with Gasteiger partial charge in [0, 0.05) is 17.7 Å². The van der Waals surface area contributed by atoms with Gasteiger partial charge in [0.05, 0.1) is 26.9 Å². The summed E-state index contributed by atoms with van der Waals surface area (Å²) in [5.74, 6) is -7.09. The average Bonchev–Trinajstić information content (AvgIpc) is 3.32. The Hall–Kier alpha value is -6.08. The number of carbonyl (C=O) groups is 1. The Morgan fingerprint density at radius 3 is 1.87 bits per heavy atom. The summed E-state index contributed by atoms with van der Waals surface area (Å²) in [5.41, 5.74) is -1.63. The summed E-state index contributed by atoms with van der Waals surface area (Å²) in [7, 11) is 1.07. The fourth-order valence-electron chi connectivity index (χ4n) is 7.68. The first kappa shape index (κ1) is 50.8. The van der Waals surface area contributed by atoms with E-state index in [-0.39, 0.29) is 11.1 Å². The molecule has 4 heterocycles. The second-order valence-corrected chi connectivity index (χ2v) is 15.9. The number of methoxy groups -OCH3 is 1. The van der Waals surface area contributed by atoms with Crippen molar-refractivity contribution in [2.45, 2.75) is 92.1 Å². The van der Waals surface area contributed by atoms with Crippen LogP contribution < -0.4 is 14.9 Å². The molecule has 4 aromatic rings. The molecule has 26 heteroatoms. The van der Waals surface area contributed by atoms with Crippen LogP contribution in [0.15, 0.2) is 57.8 Å². The van der Waals surface area contributed by atoms with Gasteiger partial charge in [-0.3, -0.25) is 4.79 Å². The minimum absolute atomic E-state index is 0.160. The van der Waals surface area contributed by atoms with E-state index in [0.29, 0.717) is 0 Å². The summed E-state index contributed by atoms with van der Waals surface area (Å²) in [6, 6.07) is 7.55. The number of aliphatic hydroxyl groups excluding tert-OH is 9. The molecule has 26 nitrogen and oxygen atoms in total. The summed E-state index contributed by atoms with van der Waals surface area (Å²) in [4.78, 5) is 27.6. The molecule has 0 bridgehead atoms. The van der Waals surface area contributed by atoms with Crippen molar-refractivity contribution in [1.29, 1.82) is 0 Å². The van der Waals surface area contributed by atoms with Crippen molar-refractivity contribution in [3.63, 3.8) is 0 Å². The van der Waals surface area contributed by atoms with Crippen molar-refractivity contribution in [2.75, 3.05) is 26.9 Å². The first-order valence-electron chi connectivity index (χ1n) is 20.7. The summed E-state index contributed by atoms with van der Waals surface area (Å²) >= 11 is 0. The average molecular weight is 981 g/mol. The van der Waals surface area contributed by atoms with Gasteiger partial charge in [-0.1, -0.05) is 6.07 Å². The molecule has 0 unspecified atom stereocenters. The molecule has 3 saturated heterocycles. The zero-order chi connectivity index (χ0) is 50.2. The van der Waals surface area contributed by atoms with E-state index in [4.69, 9.17) is 42.3 Å². The van der Waals surface area contributed by atoms with Crippen LogP contribution in [0, 0.1) is 0 Å². The van der Waals surface area contributed by atoms with Gasteiger partial charge in [0.2, 0.25) is 23.2 Å². The highest BCUT2D eigenvalue weighted by Crippen LogP contribution is 2.45. The number of phenols is 6. The van der Waals surface area contributed by atoms with Crippen LogP contribution in [0.3, 0.4) is 0 Å². The normalized spacial score (nSPS) is 31.7. The number of hydrogen-bond donors (Lipinski definition) is 15. The number of fused-ring (bicyclic) bond motifs is 1. The lowest BCUT2D eigenvalue weighted by Gasteiger charge is -2.47. The second kappa shape index (κ2) is 20.9. The zero-order valence-corrected chi connectivity index (χ0v) is 35.7. The van der Waals surface area contributed by atoms with Crippen molar-refractivity contribution >= 4 is 23.0 Å². The van der Waals surface area contributed by atoms with Gasteiger partial charge in [0.25, 0.3) is 0 Å². The number of esters is 1. The van der Waals surface area contributed by atoms with Gasteiger partial charge in [-0.15, -0.1) is 0 Å². The number of aliphatic hydroxyl groups is 9. The van der Waals surface area contributed by atoms with Crippen LogP contribution in [0.5, 0.6) is 46.0 Å². The van der Waals surface area contributed by atoms with E-state index in [1.165, 1.54) is 6.07 Å². The standard InChI is InChI=1S/C43H48O26/c1-61-37-20(50)10-21-26(30(37)55)31(56)39(36(63-21)15-4-6-17(47)19(49)9-15)69-42-35(60)33(58)28(53)24(66-42)13-62-43-40(67-25(51)7-3-14-2-5-16(46)18(48)8-14)38(29(54)23(12-45)65-43)68-41-34(59)32(57)27(52)22(11-44)64-41/h2-10,22-24,27-29,32-35,38,40-50,52-55,57-60H,11-13H2,1H3/t22-,23-,24-,27-,28-,29-,32+,33+,34-,35-,38+,40-,41+,42+,43-/m1/s1. The Morgan fingerprint density at radius 2 is 1.23 bits per heavy atom. The SMILES string of the molecule is COc1c(O)cc2oc(-c3ccc(O)c(O)c3)c(O[C@@H]3O[C@H](CO[C@@H]4O[C@H](CO)[C@@H](O)[C@H](O[C@@H]5O[C@H](CO)[C@@H](O)[C@H](O)[C@H]5O)[C@H]4OC(=O)C=Cc4ccc(O)c(O)c4)[C@@H](O)[C@H](O)[C@H]3O)c(=O)c2c1O. The Balaban J connectivity index is 1.20. The lowest BCUT2D eigenvalue weighted by atomic mass is 9.96. The molecular weight excluding hydrogens is 932 g/mol. The fraction of sp³-hybridized carbons (Fsp3) is 0.442. The molecule has 15 N–H and O–H groups in total. The predicted octanol–water partition coefficient (Wildman–Crippen LogP) is -3.21. The maximum Gasteiger partial charge on any atom is 0.331 e. The van der Waals surface area contributed by atoms with Crippen molar-refractivity contribution in [3.05, 3.63) is 64.3 Å². The second-order valence-electron chi connectivity index (χ2n) is 15.9. The smallest absolute Gasteiger partial charge is 0.331 e. The highest BCUT2D eigenvalue weighted by Gasteiger charge is 2.54. The lowest BCUT2D eigenvalue weighted by Crippen LogP contribution is -2.66. The van der Waals surface area contributed by atoms with Crippen LogP contribution in [0.2, 0.25) is 0 Å². The number of hydrogen-bond acceptors (Lipinski definition) is 26. The molecule has 1 aromatic heterocycles. The molecule has 0 aliphatic carbocycles. The third-order valence-electron chi connectivity index (χ3n) is 11.4. The van der Waals surface area contributed by atoms with Crippen molar-refractivity contribution < 1.29 is 124 Å². The monoisotopic (exact) mass is 980 g/mol. The number of ether oxygens (including phenoxy) is 8. The molecule has 3 aromatic carbocycles. The zero-order valence-electron chi connectivity index (χ0n) is 35.7. The number of carbonyl (C=O) groups excluding carboxylic acids is 1.